The molecule has 0 aromatic rings. The smallest absolute Gasteiger partial charge is 0.759 e. The van der Waals surface area contributed by atoms with E-state index in [1.165, 1.54) is 0 Å². The Morgan fingerprint density at radius 2 is 0.667 bits per heavy atom. The van der Waals surface area contributed by atoms with Gasteiger partial charge in [-0.3, -0.25) is 16.8 Å². The molecule has 0 aromatic carbocycles. The van der Waals surface area contributed by atoms with Gasteiger partial charge in [0.15, 0.2) is 0 Å². The van der Waals surface area contributed by atoms with Crippen molar-refractivity contribution in [1.29, 1.82) is 0 Å². The fourth-order valence-electron chi connectivity index (χ4n) is 0. The largest absolute Gasteiger partial charge is 2.00 e. The summed E-state index contributed by atoms with van der Waals surface area (Å²) in [5.74, 6) is 0. The Bertz CT molecular complexity index is 213. The Kier molecular flexibility index (Phi) is 16.1. The molecule has 0 atom stereocenters. The molecule has 0 aromatic heterocycles. The molecule has 0 aliphatic carbocycles. The van der Waals surface area contributed by atoms with E-state index in [4.69, 9.17) is 35.0 Å². The van der Waals surface area contributed by atoms with E-state index >= 15 is 0 Å². The molecule has 0 amide bonds. The SMILES string of the molecule is O=S(=O)([O-])[O-].O=S(=O)([O-])[O-].[Fe+2].[Mn+2]. The molecule has 0 saturated heterocycles. The van der Waals surface area contributed by atoms with Gasteiger partial charge in [-0.15, -0.1) is 0 Å². The van der Waals surface area contributed by atoms with E-state index < -0.39 is 20.8 Å². The van der Waals surface area contributed by atoms with Crippen molar-refractivity contribution in [2.45, 2.75) is 0 Å². The summed E-state index contributed by atoms with van der Waals surface area (Å²) in [6.45, 7) is 0. The zero-order valence-electron chi connectivity index (χ0n) is 4.81. The quantitative estimate of drug-likeness (QED) is 0.265. The van der Waals surface area contributed by atoms with Crippen molar-refractivity contribution >= 4 is 20.8 Å². The fourth-order valence-corrected chi connectivity index (χ4v) is 0. The van der Waals surface area contributed by atoms with Gasteiger partial charge in [-0.2, -0.15) is 0 Å². The van der Waals surface area contributed by atoms with E-state index in [1.807, 2.05) is 0 Å². The van der Waals surface area contributed by atoms with Crippen LogP contribution >= 0.6 is 0 Å². The summed E-state index contributed by atoms with van der Waals surface area (Å²) >= 11 is 0. The van der Waals surface area contributed by atoms with Gasteiger partial charge in [0.05, 0.1) is 0 Å². The monoisotopic (exact) mass is 303 g/mol. The predicted molar refractivity (Wildman–Crippen MR) is 20.9 cm³/mol. The minimum atomic E-state index is -5.17. The summed E-state index contributed by atoms with van der Waals surface area (Å²) in [5.41, 5.74) is 0. The van der Waals surface area contributed by atoms with Crippen molar-refractivity contribution in [3.63, 3.8) is 0 Å². The molecule has 8 nitrogen and oxygen atoms in total. The molecule has 12 heavy (non-hydrogen) atoms. The molecular weight excluding hydrogens is 303 g/mol. The molecule has 12 heteroatoms. The van der Waals surface area contributed by atoms with E-state index in [1.54, 1.807) is 0 Å². The van der Waals surface area contributed by atoms with Crippen LogP contribution in [0.25, 0.3) is 0 Å². The van der Waals surface area contributed by atoms with E-state index in [0.717, 1.165) is 0 Å². The van der Waals surface area contributed by atoms with Crippen LogP contribution in [0.2, 0.25) is 0 Å². The van der Waals surface area contributed by atoms with Crippen LogP contribution in [0.1, 0.15) is 0 Å². The molecule has 0 heterocycles. The first-order chi connectivity index (χ1) is 4.00. The zero-order chi connectivity index (χ0) is 9.00. The van der Waals surface area contributed by atoms with E-state index in [-0.39, 0.29) is 34.1 Å². The molecule has 0 fully saturated rings. The van der Waals surface area contributed by atoms with Crippen molar-refractivity contribution in [3.05, 3.63) is 0 Å². The van der Waals surface area contributed by atoms with Crippen LogP contribution in [0.4, 0.5) is 0 Å². The average Bonchev–Trinajstić information content (AvgIpc) is 1.12. The Morgan fingerprint density at radius 1 is 0.667 bits per heavy atom. The third-order valence-electron chi connectivity index (χ3n) is 0. The molecule has 0 spiro atoms. The van der Waals surface area contributed by atoms with Gasteiger partial charge in [0.25, 0.3) is 0 Å². The molecule has 0 rings (SSSR count). The van der Waals surface area contributed by atoms with E-state index in [2.05, 4.69) is 0 Å². The summed E-state index contributed by atoms with van der Waals surface area (Å²) in [5, 5.41) is 0. The van der Waals surface area contributed by atoms with Gasteiger partial charge in [-0.1, -0.05) is 0 Å². The standard InChI is InChI=1S/Fe.Mn.2H2O4S/c;;2*1-5(2,3)4/h;;2*(H2,1,2,3,4)/q2*+2;;/p-4. The van der Waals surface area contributed by atoms with Gasteiger partial charge < -0.3 is 18.2 Å². The first kappa shape index (κ1) is 23.0. The van der Waals surface area contributed by atoms with Crippen molar-refractivity contribution in [3.8, 4) is 0 Å². The maximum absolute atomic E-state index is 8.52. The molecule has 0 aliphatic heterocycles. The molecule has 1 radical (unpaired) electrons. The Hall–Kier alpha value is 0.779. The summed E-state index contributed by atoms with van der Waals surface area (Å²) in [6.07, 6.45) is 0. The minimum absolute atomic E-state index is 0. The number of hydrogen-bond donors (Lipinski definition) is 0. The van der Waals surface area contributed by atoms with Crippen LogP contribution in [-0.4, -0.2) is 35.0 Å². The fraction of sp³-hybridized carbons (Fsp3) is 0. The van der Waals surface area contributed by atoms with Crippen LogP contribution in [0, 0.1) is 0 Å². The number of rotatable bonds is 0. The average molecular weight is 303 g/mol. The Balaban J connectivity index is -0.0000000457. The Labute approximate surface area is 89.8 Å². The normalized spacial score (nSPS) is 9.67. The predicted octanol–water partition coefficient (Wildman–Crippen LogP) is -2.68. The van der Waals surface area contributed by atoms with Crippen LogP contribution in [-0.2, 0) is 54.9 Å². The van der Waals surface area contributed by atoms with Gasteiger partial charge >= 0.3 is 34.1 Å². The molecule has 75 valence electrons. The van der Waals surface area contributed by atoms with Crippen LogP contribution in [0.3, 0.4) is 0 Å². The van der Waals surface area contributed by atoms with Gasteiger partial charge in [0.1, 0.15) is 0 Å². The summed E-state index contributed by atoms with van der Waals surface area (Å²) in [4.78, 5) is 0. The topological polar surface area (TPSA) is 161 Å². The molecule has 0 bridgehead atoms. The molecule has 0 unspecified atom stereocenters. The third-order valence-corrected chi connectivity index (χ3v) is 0. The summed E-state index contributed by atoms with van der Waals surface area (Å²) in [6, 6.07) is 0. The first-order valence-electron chi connectivity index (χ1n) is 1.33. The van der Waals surface area contributed by atoms with Crippen LogP contribution in [0.5, 0.6) is 0 Å². The molecule has 0 aliphatic rings. The second-order valence-electron chi connectivity index (χ2n) is 0.816. The van der Waals surface area contributed by atoms with E-state index in [0.29, 0.717) is 0 Å². The van der Waals surface area contributed by atoms with Crippen molar-refractivity contribution < 1.29 is 69.2 Å². The van der Waals surface area contributed by atoms with Gasteiger partial charge in [0, 0.05) is 20.8 Å². The number of hydrogen-bond acceptors (Lipinski definition) is 8. The van der Waals surface area contributed by atoms with Crippen LogP contribution < -0.4 is 0 Å². The van der Waals surface area contributed by atoms with Gasteiger partial charge in [-0.25, -0.2) is 0 Å². The van der Waals surface area contributed by atoms with Crippen molar-refractivity contribution in [1.82, 2.24) is 0 Å². The van der Waals surface area contributed by atoms with Crippen molar-refractivity contribution in [2.75, 3.05) is 0 Å². The van der Waals surface area contributed by atoms with Crippen LogP contribution in [0.15, 0.2) is 0 Å². The summed E-state index contributed by atoms with van der Waals surface area (Å²) < 4.78 is 68.2. The second-order valence-corrected chi connectivity index (χ2v) is 2.45. The molecular formula is FeMnO8S2. The van der Waals surface area contributed by atoms with E-state index in [9.17, 15) is 0 Å². The minimum Gasteiger partial charge on any atom is -0.759 e. The van der Waals surface area contributed by atoms with Gasteiger partial charge in [0.2, 0.25) is 0 Å². The van der Waals surface area contributed by atoms with Gasteiger partial charge in [-0.05, 0) is 0 Å². The van der Waals surface area contributed by atoms with Crippen molar-refractivity contribution in [2.24, 2.45) is 0 Å². The molecule has 0 N–H and O–H groups in total. The maximum Gasteiger partial charge on any atom is 2.00 e. The first-order valence-corrected chi connectivity index (χ1v) is 4.00. The molecule has 0 saturated carbocycles. The Morgan fingerprint density at radius 3 is 0.667 bits per heavy atom. The summed E-state index contributed by atoms with van der Waals surface area (Å²) in [7, 11) is -10.3. The zero-order valence-corrected chi connectivity index (χ0v) is 8.73. The maximum atomic E-state index is 8.52. The second kappa shape index (κ2) is 8.38. The third kappa shape index (κ3) is 1700.